The number of hydrogen-bond acceptors (Lipinski definition) is 6. The van der Waals surface area contributed by atoms with E-state index in [4.69, 9.17) is 9.72 Å². The van der Waals surface area contributed by atoms with E-state index in [-0.39, 0.29) is 0 Å². The maximum absolute atomic E-state index is 5.85. The van der Waals surface area contributed by atoms with Gasteiger partial charge in [-0.05, 0) is 50.2 Å². The van der Waals surface area contributed by atoms with Crippen molar-refractivity contribution in [2.45, 2.75) is 25.4 Å². The Morgan fingerprint density at radius 3 is 2.79 bits per heavy atom. The fourth-order valence-electron chi connectivity index (χ4n) is 2.84. The number of rotatable bonds is 5. The Morgan fingerprint density at radius 2 is 2.04 bits per heavy atom. The number of thiazole rings is 1. The van der Waals surface area contributed by atoms with E-state index in [9.17, 15) is 0 Å². The fraction of sp³-hybridized carbons (Fsp3) is 0.353. The SMILES string of the molecule is c1ncn(-c2ccc(OCc3csc(C4CCNCC4)n3)cc2)n1. The molecule has 0 aliphatic carbocycles. The standard InChI is InChI=1S/C17H19N5OS/c1-3-16(4-2-15(1)22-12-19-11-20-22)23-9-14-10-24-17(21-14)13-5-7-18-8-6-13/h1-4,10-13,18H,5-9H2. The molecule has 0 unspecified atom stereocenters. The Bertz CT molecular complexity index is 763. The highest BCUT2D eigenvalue weighted by molar-refractivity contribution is 7.09. The third-order valence-corrected chi connectivity index (χ3v) is 5.22. The largest absolute Gasteiger partial charge is 0.487 e. The van der Waals surface area contributed by atoms with Gasteiger partial charge in [0.15, 0.2) is 0 Å². The first-order valence-corrected chi connectivity index (χ1v) is 8.99. The van der Waals surface area contributed by atoms with E-state index in [1.54, 1.807) is 22.3 Å². The minimum Gasteiger partial charge on any atom is -0.487 e. The van der Waals surface area contributed by atoms with Gasteiger partial charge >= 0.3 is 0 Å². The Balaban J connectivity index is 1.36. The highest BCUT2D eigenvalue weighted by Gasteiger charge is 2.18. The van der Waals surface area contributed by atoms with Crippen molar-refractivity contribution < 1.29 is 4.74 Å². The van der Waals surface area contributed by atoms with Crippen LogP contribution in [0.2, 0.25) is 0 Å². The van der Waals surface area contributed by atoms with Crippen molar-refractivity contribution in [3.05, 3.63) is 53.0 Å². The molecule has 1 fully saturated rings. The summed E-state index contributed by atoms with van der Waals surface area (Å²) < 4.78 is 7.57. The van der Waals surface area contributed by atoms with E-state index in [2.05, 4.69) is 20.8 Å². The van der Waals surface area contributed by atoms with Crippen LogP contribution in [0.5, 0.6) is 5.75 Å². The van der Waals surface area contributed by atoms with E-state index in [0.29, 0.717) is 12.5 Å². The highest BCUT2D eigenvalue weighted by Crippen LogP contribution is 2.28. The van der Waals surface area contributed by atoms with Crippen molar-refractivity contribution in [2.24, 2.45) is 0 Å². The molecule has 1 N–H and O–H groups in total. The molecule has 1 aromatic carbocycles. The molecule has 1 aliphatic heterocycles. The molecule has 0 radical (unpaired) electrons. The Labute approximate surface area is 144 Å². The molecule has 3 heterocycles. The van der Waals surface area contributed by atoms with Gasteiger partial charge < -0.3 is 10.1 Å². The van der Waals surface area contributed by atoms with E-state index in [0.717, 1.165) is 30.2 Å². The minimum atomic E-state index is 0.504. The average Bonchev–Trinajstić information content (AvgIpc) is 3.33. The molecule has 3 aromatic rings. The number of nitrogens with one attached hydrogen (secondary N) is 1. The summed E-state index contributed by atoms with van der Waals surface area (Å²) in [6.45, 7) is 2.69. The fourth-order valence-corrected chi connectivity index (χ4v) is 3.81. The van der Waals surface area contributed by atoms with Crippen LogP contribution in [-0.4, -0.2) is 32.8 Å². The van der Waals surface area contributed by atoms with Crippen molar-refractivity contribution in [3.8, 4) is 11.4 Å². The van der Waals surface area contributed by atoms with Crippen LogP contribution in [0.15, 0.2) is 42.3 Å². The molecule has 7 heteroatoms. The zero-order valence-corrected chi connectivity index (χ0v) is 14.1. The van der Waals surface area contributed by atoms with Crippen LogP contribution in [-0.2, 0) is 6.61 Å². The monoisotopic (exact) mass is 341 g/mol. The molecule has 0 amide bonds. The van der Waals surface area contributed by atoms with Crippen molar-refractivity contribution in [1.29, 1.82) is 0 Å². The molecule has 0 bridgehead atoms. The number of nitrogens with zero attached hydrogens (tertiary/aromatic N) is 4. The van der Waals surface area contributed by atoms with E-state index >= 15 is 0 Å². The normalized spacial score (nSPS) is 15.5. The van der Waals surface area contributed by atoms with Crippen molar-refractivity contribution in [2.75, 3.05) is 13.1 Å². The third kappa shape index (κ3) is 3.47. The predicted octanol–water partition coefficient (Wildman–Crippen LogP) is 2.77. The predicted molar refractivity (Wildman–Crippen MR) is 92.6 cm³/mol. The average molecular weight is 341 g/mol. The third-order valence-electron chi connectivity index (χ3n) is 4.16. The second-order valence-corrected chi connectivity index (χ2v) is 6.71. The molecule has 0 spiro atoms. The molecule has 124 valence electrons. The first kappa shape index (κ1) is 15.3. The molecule has 0 atom stereocenters. The summed E-state index contributed by atoms with van der Waals surface area (Å²) in [5.41, 5.74) is 1.97. The van der Waals surface area contributed by atoms with Gasteiger partial charge in [0.05, 0.1) is 16.4 Å². The van der Waals surface area contributed by atoms with Crippen LogP contribution in [0.1, 0.15) is 29.5 Å². The van der Waals surface area contributed by atoms with Gasteiger partial charge in [-0.2, -0.15) is 5.10 Å². The van der Waals surface area contributed by atoms with Crippen molar-refractivity contribution >= 4 is 11.3 Å². The first-order valence-electron chi connectivity index (χ1n) is 8.11. The summed E-state index contributed by atoms with van der Waals surface area (Å²) in [4.78, 5) is 8.70. The second kappa shape index (κ2) is 7.11. The molecule has 6 nitrogen and oxygen atoms in total. The second-order valence-electron chi connectivity index (χ2n) is 5.82. The van der Waals surface area contributed by atoms with E-state index in [1.165, 1.54) is 24.2 Å². The lowest BCUT2D eigenvalue weighted by molar-refractivity contribution is 0.301. The van der Waals surface area contributed by atoms with Crippen LogP contribution >= 0.6 is 11.3 Å². The summed E-state index contributed by atoms with van der Waals surface area (Å²) in [6.07, 6.45) is 5.55. The quantitative estimate of drug-likeness (QED) is 0.773. The van der Waals surface area contributed by atoms with Gasteiger partial charge in [-0.1, -0.05) is 0 Å². The molecule has 2 aromatic heterocycles. The summed E-state index contributed by atoms with van der Waals surface area (Å²) in [5.74, 6) is 1.43. The minimum absolute atomic E-state index is 0.504. The summed E-state index contributed by atoms with van der Waals surface area (Å²) in [5, 5.41) is 10.9. The lowest BCUT2D eigenvalue weighted by Gasteiger charge is -2.20. The zero-order chi connectivity index (χ0) is 16.2. The van der Waals surface area contributed by atoms with Gasteiger partial charge in [0.1, 0.15) is 25.0 Å². The molecular weight excluding hydrogens is 322 g/mol. The van der Waals surface area contributed by atoms with Crippen LogP contribution in [0.3, 0.4) is 0 Å². The van der Waals surface area contributed by atoms with Crippen LogP contribution in [0, 0.1) is 0 Å². The number of piperidine rings is 1. The van der Waals surface area contributed by atoms with Gasteiger partial charge in [-0.25, -0.2) is 14.6 Å². The summed E-state index contributed by atoms with van der Waals surface area (Å²) in [6, 6.07) is 7.81. The number of aromatic nitrogens is 4. The molecule has 1 saturated heterocycles. The Kier molecular flexibility index (Phi) is 4.53. The highest BCUT2D eigenvalue weighted by atomic mass is 32.1. The van der Waals surface area contributed by atoms with E-state index in [1.807, 2.05) is 24.3 Å². The van der Waals surface area contributed by atoms with Crippen LogP contribution in [0.4, 0.5) is 0 Å². The first-order chi connectivity index (χ1) is 11.9. The Morgan fingerprint density at radius 1 is 1.21 bits per heavy atom. The van der Waals surface area contributed by atoms with Gasteiger partial charge in [0.25, 0.3) is 0 Å². The van der Waals surface area contributed by atoms with E-state index < -0.39 is 0 Å². The summed E-state index contributed by atoms with van der Waals surface area (Å²) in [7, 11) is 0. The molecular formula is C17H19N5OS. The lowest BCUT2D eigenvalue weighted by Crippen LogP contribution is -2.26. The van der Waals surface area contributed by atoms with Crippen molar-refractivity contribution in [3.63, 3.8) is 0 Å². The van der Waals surface area contributed by atoms with Gasteiger partial charge in [-0.3, -0.25) is 0 Å². The topological polar surface area (TPSA) is 64.9 Å². The van der Waals surface area contributed by atoms with Gasteiger partial charge in [0.2, 0.25) is 0 Å². The van der Waals surface area contributed by atoms with Crippen molar-refractivity contribution in [1.82, 2.24) is 25.1 Å². The molecule has 1 aliphatic rings. The number of ether oxygens (including phenoxy) is 1. The number of hydrogen-bond donors (Lipinski definition) is 1. The van der Waals surface area contributed by atoms with Crippen LogP contribution in [0.25, 0.3) is 5.69 Å². The zero-order valence-electron chi connectivity index (χ0n) is 13.3. The van der Waals surface area contributed by atoms with Gasteiger partial charge in [-0.15, -0.1) is 11.3 Å². The number of benzene rings is 1. The maximum Gasteiger partial charge on any atom is 0.138 e. The van der Waals surface area contributed by atoms with Crippen LogP contribution < -0.4 is 10.1 Å². The lowest BCUT2D eigenvalue weighted by atomic mass is 9.99. The Hall–Kier alpha value is -2.25. The smallest absolute Gasteiger partial charge is 0.138 e. The maximum atomic E-state index is 5.85. The molecule has 4 rings (SSSR count). The summed E-state index contributed by atoms with van der Waals surface area (Å²) >= 11 is 1.75. The molecule has 24 heavy (non-hydrogen) atoms. The van der Waals surface area contributed by atoms with Gasteiger partial charge in [0, 0.05) is 11.3 Å². The molecule has 0 saturated carbocycles.